The molecule has 13 aromatic rings. The number of aromatic nitrogens is 5. The smallest absolute Gasteiger partial charge is 0.501 e. The van der Waals surface area contributed by atoms with E-state index in [0.717, 1.165) is 116 Å². The van der Waals surface area contributed by atoms with Gasteiger partial charge in [-0.15, -0.1) is 29.0 Å². The molecule has 0 amide bonds. The maximum Gasteiger partial charge on any atom is 2.00 e. The minimum atomic E-state index is 0. The number of furan rings is 1. The molecule has 0 aliphatic carbocycles. The SMILES string of the molecule is [Pt+2].[c-]1c(-n2c3[c-]c4c(cc3c3ccccc32)c2ccccc2n4-c2ccccn2)cc2c(oc3cc(-c4ccccc4)ccc32)c1-c1nc2ccccc2n1-c1ccccc1. The maximum atomic E-state index is 6.98. The van der Waals surface area contributed by atoms with Gasteiger partial charge < -0.3 is 18.1 Å². The van der Waals surface area contributed by atoms with Crippen LogP contribution in [0.4, 0.5) is 0 Å². The van der Waals surface area contributed by atoms with Gasteiger partial charge in [-0.05, 0) is 82.2 Å². The molecule has 61 heavy (non-hydrogen) atoms. The Labute approximate surface area is 363 Å². The molecule has 0 saturated heterocycles. The van der Waals surface area contributed by atoms with Crippen molar-refractivity contribution in [1.82, 2.24) is 23.7 Å². The van der Waals surface area contributed by atoms with Crippen LogP contribution in [0.15, 0.2) is 193 Å². The van der Waals surface area contributed by atoms with E-state index >= 15 is 0 Å². The minimum absolute atomic E-state index is 0. The average molecular weight is 961 g/mol. The van der Waals surface area contributed by atoms with Crippen LogP contribution in [0, 0.1) is 12.1 Å². The quantitative estimate of drug-likeness (QED) is 0.162. The fraction of sp³-hybridized carbons (Fsp3) is 0. The first-order chi connectivity index (χ1) is 29.8. The molecule has 0 unspecified atom stereocenters. The van der Waals surface area contributed by atoms with Crippen LogP contribution >= 0.6 is 0 Å². The number of rotatable bonds is 5. The van der Waals surface area contributed by atoms with E-state index in [1.165, 1.54) is 0 Å². The van der Waals surface area contributed by atoms with Crippen molar-refractivity contribution in [3.8, 4) is 39.7 Å². The summed E-state index contributed by atoms with van der Waals surface area (Å²) in [5.41, 5.74) is 12.3. The number of para-hydroxylation sites is 5. The Bertz CT molecular complexity index is 3820. The van der Waals surface area contributed by atoms with E-state index in [4.69, 9.17) is 14.4 Å². The van der Waals surface area contributed by atoms with E-state index < -0.39 is 0 Å². The van der Waals surface area contributed by atoms with Gasteiger partial charge in [0, 0.05) is 28.3 Å². The molecule has 0 aliphatic heterocycles. The first-order valence-electron chi connectivity index (χ1n) is 20.1. The van der Waals surface area contributed by atoms with Gasteiger partial charge >= 0.3 is 21.1 Å². The standard InChI is InChI=1S/C54H31N5O.Pt/c1-3-15-34(16-4-1)35-26-27-40-43-30-37(31-44(53(43)60-51(40)29-35)54-56-45-21-9-12-24-48(45)58(54)36-17-5-2-6-18-36)57-46-22-10-7-19-38(46)41-32-42-39-20-8-11-23-47(39)59(50(42)33-49(41)57)52-25-13-14-28-55-52;/h1-30,32H;/q-2;+2. The number of nitrogens with zero attached hydrogens (tertiary/aromatic N) is 5. The third kappa shape index (κ3) is 5.32. The molecule has 288 valence electrons. The molecule has 7 heteroatoms. The molecule has 0 saturated carbocycles. The first kappa shape index (κ1) is 35.4. The zero-order chi connectivity index (χ0) is 39.3. The van der Waals surface area contributed by atoms with Crippen molar-refractivity contribution >= 4 is 76.6 Å². The van der Waals surface area contributed by atoms with E-state index in [1.807, 2.05) is 36.5 Å². The predicted molar refractivity (Wildman–Crippen MR) is 243 cm³/mol. The van der Waals surface area contributed by atoms with Crippen LogP contribution in [-0.2, 0) is 21.1 Å². The summed E-state index contributed by atoms with van der Waals surface area (Å²) in [6.45, 7) is 0. The molecule has 0 radical (unpaired) electrons. The Hall–Kier alpha value is -7.53. The van der Waals surface area contributed by atoms with Crippen molar-refractivity contribution in [3.05, 3.63) is 200 Å². The van der Waals surface area contributed by atoms with Gasteiger partial charge in [0.25, 0.3) is 0 Å². The monoisotopic (exact) mass is 960 g/mol. The molecule has 0 N–H and O–H groups in total. The fourth-order valence-corrected chi connectivity index (χ4v) is 9.22. The van der Waals surface area contributed by atoms with Gasteiger partial charge in [0.15, 0.2) is 0 Å². The molecule has 5 aromatic heterocycles. The number of benzene rings is 8. The van der Waals surface area contributed by atoms with Gasteiger partial charge in [-0.25, -0.2) is 4.98 Å². The summed E-state index contributed by atoms with van der Waals surface area (Å²) in [7, 11) is 0. The van der Waals surface area contributed by atoms with Gasteiger partial charge in [0.1, 0.15) is 11.4 Å². The summed E-state index contributed by atoms with van der Waals surface area (Å²) in [5, 5.41) is 6.52. The Morgan fingerprint density at radius 3 is 1.87 bits per heavy atom. The van der Waals surface area contributed by atoms with Crippen molar-refractivity contribution in [2.75, 3.05) is 0 Å². The molecule has 8 aromatic carbocycles. The van der Waals surface area contributed by atoms with E-state index in [0.29, 0.717) is 0 Å². The molecular weight excluding hydrogens is 930 g/mol. The summed E-state index contributed by atoms with van der Waals surface area (Å²) in [6.07, 6.45) is 1.85. The molecule has 0 aliphatic rings. The zero-order valence-electron chi connectivity index (χ0n) is 32.4. The van der Waals surface area contributed by atoms with Crippen molar-refractivity contribution in [1.29, 1.82) is 0 Å². The van der Waals surface area contributed by atoms with Crippen molar-refractivity contribution in [2.24, 2.45) is 0 Å². The Kier molecular flexibility index (Phi) is 7.99. The molecular formula is C54H31N5OPt. The van der Waals surface area contributed by atoms with Crippen LogP contribution in [0.25, 0.3) is 116 Å². The Balaban J connectivity index is 0.00000399. The summed E-state index contributed by atoms with van der Waals surface area (Å²) in [4.78, 5) is 10.2. The zero-order valence-corrected chi connectivity index (χ0v) is 34.6. The number of hydrogen-bond donors (Lipinski definition) is 0. The second kappa shape index (κ2) is 13.8. The van der Waals surface area contributed by atoms with Crippen molar-refractivity contribution in [2.45, 2.75) is 0 Å². The number of fused-ring (bicyclic) bond motifs is 10. The number of imidazole rings is 1. The fourth-order valence-electron chi connectivity index (χ4n) is 9.22. The first-order valence-corrected chi connectivity index (χ1v) is 20.1. The van der Waals surface area contributed by atoms with Crippen molar-refractivity contribution in [3.63, 3.8) is 0 Å². The summed E-state index contributed by atoms with van der Waals surface area (Å²) in [6, 6.07) is 71.3. The molecule has 0 spiro atoms. The largest absolute Gasteiger partial charge is 2.00 e. The van der Waals surface area contributed by atoms with Crippen molar-refractivity contribution < 1.29 is 25.5 Å². The molecule has 0 bridgehead atoms. The molecule has 6 nitrogen and oxygen atoms in total. The summed E-state index contributed by atoms with van der Waals surface area (Å²) >= 11 is 0. The summed E-state index contributed by atoms with van der Waals surface area (Å²) < 4.78 is 13.7. The number of pyridine rings is 1. The van der Waals surface area contributed by atoms with Crippen LogP contribution < -0.4 is 0 Å². The topological polar surface area (TPSA) is 53.7 Å². The van der Waals surface area contributed by atoms with E-state index in [-0.39, 0.29) is 21.1 Å². The Morgan fingerprint density at radius 1 is 0.459 bits per heavy atom. The van der Waals surface area contributed by atoms with Gasteiger partial charge in [0.05, 0.1) is 22.4 Å². The van der Waals surface area contributed by atoms with Crippen LogP contribution in [0.3, 0.4) is 0 Å². The summed E-state index contributed by atoms with van der Waals surface area (Å²) in [5.74, 6) is 1.59. The maximum absolute atomic E-state index is 6.98. The van der Waals surface area contributed by atoms with Gasteiger partial charge in [-0.3, -0.25) is 4.98 Å². The van der Waals surface area contributed by atoms with E-state index in [9.17, 15) is 0 Å². The van der Waals surface area contributed by atoms with Gasteiger partial charge in [0.2, 0.25) is 0 Å². The minimum Gasteiger partial charge on any atom is -0.501 e. The molecule has 0 fully saturated rings. The normalized spacial score (nSPS) is 11.8. The van der Waals surface area contributed by atoms with E-state index in [1.54, 1.807) is 0 Å². The average Bonchev–Trinajstić information content (AvgIpc) is 4.06. The molecule has 13 rings (SSSR count). The second-order valence-corrected chi connectivity index (χ2v) is 15.2. The Morgan fingerprint density at radius 2 is 1.11 bits per heavy atom. The second-order valence-electron chi connectivity index (χ2n) is 15.2. The number of hydrogen-bond acceptors (Lipinski definition) is 3. The third-order valence-corrected chi connectivity index (χ3v) is 11.9. The molecule has 0 atom stereocenters. The van der Waals surface area contributed by atoms with Crippen LogP contribution in [0.2, 0.25) is 0 Å². The van der Waals surface area contributed by atoms with Crippen LogP contribution in [0.5, 0.6) is 0 Å². The van der Waals surface area contributed by atoms with Crippen LogP contribution in [-0.4, -0.2) is 23.7 Å². The van der Waals surface area contributed by atoms with E-state index in [2.05, 4.69) is 177 Å². The third-order valence-electron chi connectivity index (χ3n) is 11.9. The van der Waals surface area contributed by atoms with Crippen LogP contribution in [0.1, 0.15) is 0 Å². The molecule has 5 heterocycles. The van der Waals surface area contributed by atoms with Gasteiger partial charge in [-0.1, -0.05) is 137 Å². The predicted octanol–water partition coefficient (Wildman–Crippen LogP) is 13.4. The van der Waals surface area contributed by atoms with Gasteiger partial charge in [-0.2, -0.15) is 6.07 Å².